The molecular formula is C22H26N2O5. The second kappa shape index (κ2) is 10.4. The van der Waals surface area contributed by atoms with E-state index in [9.17, 15) is 9.59 Å². The summed E-state index contributed by atoms with van der Waals surface area (Å²) in [5.41, 5.74) is 0.944. The standard InChI is InChI=1S/C22H26N2O5/c1-2-27-19-10-6-7-11-20(19)28-17-21(25)23-12-14-24(15-13-23)22(26)29-16-18-8-4-3-5-9-18/h3-11H,2,12-17H2,1H3. The molecule has 3 rings (SSSR count). The molecule has 0 unspecified atom stereocenters. The molecular weight excluding hydrogens is 372 g/mol. The minimum atomic E-state index is -0.358. The number of carbonyl (C=O) groups is 2. The molecule has 2 amide bonds. The van der Waals surface area contributed by atoms with Crippen LogP contribution in [0.3, 0.4) is 0 Å². The Balaban J connectivity index is 1.42. The van der Waals surface area contributed by atoms with Crippen LogP contribution in [-0.2, 0) is 16.1 Å². The van der Waals surface area contributed by atoms with E-state index in [0.29, 0.717) is 44.3 Å². The highest BCUT2D eigenvalue weighted by Crippen LogP contribution is 2.26. The molecule has 7 heteroatoms. The summed E-state index contributed by atoms with van der Waals surface area (Å²) in [6.07, 6.45) is -0.358. The van der Waals surface area contributed by atoms with Gasteiger partial charge in [0.05, 0.1) is 6.61 Å². The number of benzene rings is 2. The fourth-order valence-electron chi connectivity index (χ4n) is 3.02. The average molecular weight is 398 g/mol. The van der Waals surface area contributed by atoms with Gasteiger partial charge in [-0.25, -0.2) is 4.79 Å². The summed E-state index contributed by atoms with van der Waals surface area (Å²) in [6, 6.07) is 16.8. The Morgan fingerprint density at radius 1 is 0.828 bits per heavy atom. The van der Waals surface area contributed by atoms with E-state index in [1.54, 1.807) is 15.9 Å². The van der Waals surface area contributed by atoms with Crippen LogP contribution >= 0.6 is 0 Å². The number of hydrogen-bond donors (Lipinski definition) is 0. The normalized spacial score (nSPS) is 13.7. The van der Waals surface area contributed by atoms with Gasteiger partial charge in [-0.3, -0.25) is 4.79 Å². The predicted molar refractivity (Wildman–Crippen MR) is 108 cm³/mol. The van der Waals surface area contributed by atoms with Crippen LogP contribution in [0.1, 0.15) is 12.5 Å². The lowest BCUT2D eigenvalue weighted by atomic mass is 10.2. The summed E-state index contributed by atoms with van der Waals surface area (Å²) in [6.45, 7) is 4.38. The van der Waals surface area contributed by atoms with Gasteiger partial charge in [-0.15, -0.1) is 0 Å². The van der Waals surface area contributed by atoms with Crippen molar-refractivity contribution in [1.29, 1.82) is 0 Å². The third kappa shape index (κ3) is 5.88. The van der Waals surface area contributed by atoms with Crippen molar-refractivity contribution in [2.24, 2.45) is 0 Å². The molecule has 0 N–H and O–H groups in total. The molecule has 154 valence electrons. The minimum Gasteiger partial charge on any atom is -0.490 e. The molecule has 2 aromatic carbocycles. The lowest BCUT2D eigenvalue weighted by Gasteiger charge is -2.34. The van der Waals surface area contributed by atoms with Crippen LogP contribution in [0.4, 0.5) is 4.79 Å². The Kier molecular flexibility index (Phi) is 7.33. The number of ether oxygens (including phenoxy) is 3. The molecule has 0 spiro atoms. The highest BCUT2D eigenvalue weighted by atomic mass is 16.6. The second-order valence-electron chi connectivity index (χ2n) is 6.58. The third-order valence-corrected chi connectivity index (χ3v) is 4.60. The fraction of sp³-hybridized carbons (Fsp3) is 0.364. The monoisotopic (exact) mass is 398 g/mol. The lowest BCUT2D eigenvalue weighted by Crippen LogP contribution is -2.51. The molecule has 1 aliphatic rings. The zero-order valence-electron chi connectivity index (χ0n) is 16.6. The molecule has 0 aliphatic carbocycles. The zero-order valence-corrected chi connectivity index (χ0v) is 16.6. The van der Waals surface area contributed by atoms with Crippen LogP contribution in [0, 0.1) is 0 Å². The number of hydrogen-bond acceptors (Lipinski definition) is 5. The van der Waals surface area contributed by atoms with Gasteiger partial charge in [0.1, 0.15) is 6.61 Å². The number of nitrogens with zero attached hydrogens (tertiary/aromatic N) is 2. The van der Waals surface area contributed by atoms with E-state index in [1.165, 1.54) is 0 Å². The van der Waals surface area contributed by atoms with Crippen molar-refractivity contribution in [3.8, 4) is 11.5 Å². The van der Waals surface area contributed by atoms with Gasteiger partial charge in [-0.05, 0) is 24.6 Å². The maximum absolute atomic E-state index is 12.5. The summed E-state index contributed by atoms with van der Waals surface area (Å²) in [7, 11) is 0. The van der Waals surface area contributed by atoms with Crippen LogP contribution in [0.25, 0.3) is 0 Å². The van der Waals surface area contributed by atoms with Gasteiger partial charge in [-0.2, -0.15) is 0 Å². The van der Waals surface area contributed by atoms with Crippen molar-refractivity contribution in [1.82, 2.24) is 9.80 Å². The predicted octanol–water partition coefficient (Wildman–Crippen LogP) is 2.95. The molecule has 0 atom stereocenters. The minimum absolute atomic E-state index is 0.0669. The Bertz CT molecular complexity index is 804. The first-order valence-electron chi connectivity index (χ1n) is 9.75. The maximum atomic E-state index is 12.5. The first-order valence-corrected chi connectivity index (χ1v) is 9.75. The molecule has 1 fully saturated rings. The summed E-state index contributed by atoms with van der Waals surface area (Å²) in [4.78, 5) is 28.0. The Hall–Kier alpha value is -3.22. The van der Waals surface area contributed by atoms with Crippen molar-refractivity contribution in [3.05, 3.63) is 60.2 Å². The van der Waals surface area contributed by atoms with Gasteiger partial charge in [-0.1, -0.05) is 42.5 Å². The zero-order chi connectivity index (χ0) is 20.5. The number of amides is 2. The van der Waals surface area contributed by atoms with E-state index in [2.05, 4.69) is 0 Å². The quantitative estimate of drug-likeness (QED) is 0.717. The van der Waals surface area contributed by atoms with E-state index < -0.39 is 0 Å². The van der Waals surface area contributed by atoms with Gasteiger partial charge in [0.15, 0.2) is 18.1 Å². The van der Waals surface area contributed by atoms with E-state index >= 15 is 0 Å². The molecule has 7 nitrogen and oxygen atoms in total. The summed E-state index contributed by atoms with van der Waals surface area (Å²) >= 11 is 0. The molecule has 0 radical (unpaired) electrons. The third-order valence-electron chi connectivity index (χ3n) is 4.60. The largest absolute Gasteiger partial charge is 0.490 e. The van der Waals surface area contributed by atoms with Gasteiger partial charge in [0, 0.05) is 26.2 Å². The smallest absolute Gasteiger partial charge is 0.410 e. The van der Waals surface area contributed by atoms with Crippen LogP contribution in [-0.4, -0.2) is 61.2 Å². The van der Waals surface area contributed by atoms with Crippen molar-refractivity contribution >= 4 is 12.0 Å². The Morgan fingerprint density at radius 2 is 1.41 bits per heavy atom. The highest BCUT2D eigenvalue weighted by Gasteiger charge is 2.25. The molecule has 0 bridgehead atoms. The molecule has 2 aromatic rings. The number of piperazine rings is 1. The van der Waals surface area contributed by atoms with Gasteiger partial charge >= 0.3 is 6.09 Å². The average Bonchev–Trinajstić information content (AvgIpc) is 2.77. The van der Waals surface area contributed by atoms with Crippen LogP contribution in [0.5, 0.6) is 11.5 Å². The van der Waals surface area contributed by atoms with Crippen molar-refractivity contribution < 1.29 is 23.8 Å². The van der Waals surface area contributed by atoms with Gasteiger partial charge in [0.25, 0.3) is 5.91 Å². The van der Waals surface area contributed by atoms with E-state index in [0.717, 1.165) is 5.56 Å². The van der Waals surface area contributed by atoms with Crippen molar-refractivity contribution in [2.45, 2.75) is 13.5 Å². The SMILES string of the molecule is CCOc1ccccc1OCC(=O)N1CCN(C(=O)OCc2ccccc2)CC1. The van der Waals surface area contributed by atoms with Gasteiger partial charge < -0.3 is 24.0 Å². The first kappa shape index (κ1) is 20.5. The Morgan fingerprint density at radius 3 is 2.07 bits per heavy atom. The fourth-order valence-corrected chi connectivity index (χ4v) is 3.02. The first-order chi connectivity index (χ1) is 14.2. The molecule has 1 saturated heterocycles. The van der Waals surface area contributed by atoms with Crippen molar-refractivity contribution in [2.75, 3.05) is 39.4 Å². The topological polar surface area (TPSA) is 68.3 Å². The lowest BCUT2D eigenvalue weighted by molar-refractivity contribution is -0.135. The van der Waals surface area contributed by atoms with Crippen LogP contribution in [0.2, 0.25) is 0 Å². The van der Waals surface area contributed by atoms with Crippen molar-refractivity contribution in [3.63, 3.8) is 0 Å². The summed E-state index contributed by atoms with van der Waals surface area (Å²) < 4.78 is 16.5. The van der Waals surface area contributed by atoms with E-state index in [1.807, 2.05) is 55.5 Å². The molecule has 0 saturated carbocycles. The molecule has 29 heavy (non-hydrogen) atoms. The molecule has 1 aliphatic heterocycles. The molecule has 0 aromatic heterocycles. The summed E-state index contributed by atoms with van der Waals surface area (Å²) in [5.74, 6) is 1.05. The van der Waals surface area contributed by atoms with E-state index in [-0.39, 0.29) is 25.2 Å². The number of para-hydroxylation sites is 2. The van der Waals surface area contributed by atoms with Crippen LogP contribution < -0.4 is 9.47 Å². The van der Waals surface area contributed by atoms with Gasteiger partial charge in [0.2, 0.25) is 0 Å². The van der Waals surface area contributed by atoms with E-state index in [4.69, 9.17) is 14.2 Å². The molecule has 1 heterocycles. The summed E-state index contributed by atoms with van der Waals surface area (Å²) in [5, 5.41) is 0. The number of rotatable bonds is 7. The highest BCUT2D eigenvalue weighted by molar-refractivity contribution is 5.78. The number of carbonyl (C=O) groups excluding carboxylic acids is 2. The Labute approximate surface area is 170 Å². The van der Waals surface area contributed by atoms with Crippen LogP contribution in [0.15, 0.2) is 54.6 Å². The maximum Gasteiger partial charge on any atom is 0.410 e. The second-order valence-corrected chi connectivity index (χ2v) is 6.58.